The second-order valence-corrected chi connectivity index (χ2v) is 8.74. The van der Waals surface area contributed by atoms with E-state index in [1.54, 1.807) is 28.7 Å². The molecule has 0 spiro atoms. The number of hydrogen-bond donors (Lipinski definition) is 2. The SMILES string of the molecule is [B][C@@H]1O[C@H](CO[P+](=O)O[C@H]2CSSC[C@@H]2OC)[C@@H](O)[C@@]1(C)O. The minimum Gasteiger partial charge on any atom is -0.387 e. The van der Waals surface area contributed by atoms with Crippen molar-refractivity contribution in [1.29, 1.82) is 0 Å². The van der Waals surface area contributed by atoms with Crippen LogP contribution >= 0.6 is 29.8 Å². The minimum absolute atomic E-state index is 0.142. The Labute approximate surface area is 139 Å². The van der Waals surface area contributed by atoms with Gasteiger partial charge in [-0.25, -0.2) is 0 Å². The summed E-state index contributed by atoms with van der Waals surface area (Å²) < 4.78 is 32.8. The number of hydrogen-bond acceptors (Lipinski definition) is 9. The van der Waals surface area contributed by atoms with Gasteiger partial charge in [-0.05, 0) is 6.92 Å². The standard InChI is InChI=1S/C11H19BO7PS2/c1-11(14)9(13)6(18-10(11)12)3-17-20(15)19-8-5-22-21-4-7(8)16-2/h6-10,13-14H,3-5H2,1-2H3/q+1/t6-,7+,8+,9-,10-,11-/m1/s1. The van der Waals surface area contributed by atoms with Gasteiger partial charge in [-0.3, -0.25) is 0 Å². The number of rotatable bonds is 6. The number of aliphatic hydroxyl groups is 2. The summed E-state index contributed by atoms with van der Waals surface area (Å²) in [5.74, 6) is 1.40. The summed E-state index contributed by atoms with van der Waals surface area (Å²) in [7, 11) is 8.07. The monoisotopic (exact) mass is 369 g/mol. The molecule has 2 aliphatic heterocycles. The Balaban J connectivity index is 1.78. The van der Waals surface area contributed by atoms with E-state index < -0.39 is 32.1 Å². The molecule has 0 amide bonds. The summed E-state index contributed by atoms with van der Waals surface area (Å²) >= 11 is 0. The van der Waals surface area contributed by atoms with Gasteiger partial charge in [0.15, 0.2) is 6.10 Å². The molecule has 0 aliphatic carbocycles. The zero-order valence-electron chi connectivity index (χ0n) is 12.3. The molecule has 0 aromatic carbocycles. The highest BCUT2D eigenvalue weighted by atomic mass is 33.1. The fourth-order valence-electron chi connectivity index (χ4n) is 2.11. The third-order valence-electron chi connectivity index (χ3n) is 3.68. The lowest BCUT2D eigenvalue weighted by Crippen LogP contribution is -2.46. The molecule has 2 rings (SSSR count). The molecule has 7 nitrogen and oxygen atoms in total. The molecule has 2 fully saturated rings. The second-order valence-electron chi connectivity index (χ2n) is 5.27. The first-order chi connectivity index (χ1) is 10.4. The molecule has 0 bridgehead atoms. The van der Waals surface area contributed by atoms with Gasteiger partial charge in [0.1, 0.15) is 32.3 Å². The third kappa shape index (κ3) is 4.37. The molecule has 2 saturated heterocycles. The van der Waals surface area contributed by atoms with E-state index in [0.29, 0.717) is 5.75 Å². The number of methoxy groups -OCH3 is 1. The molecular weight excluding hydrogens is 350 g/mol. The van der Waals surface area contributed by atoms with Gasteiger partial charge < -0.3 is 19.7 Å². The Hall–Kier alpha value is 0.625. The molecule has 1 unspecified atom stereocenters. The van der Waals surface area contributed by atoms with Crippen LogP contribution in [0.4, 0.5) is 0 Å². The highest BCUT2D eigenvalue weighted by Crippen LogP contribution is 2.38. The molecule has 0 saturated carbocycles. The molecule has 22 heavy (non-hydrogen) atoms. The van der Waals surface area contributed by atoms with Gasteiger partial charge >= 0.3 is 8.25 Å². The van der Waals surface area contributed by atoms with Crippen LogP contribution in [0.5, 0.6) is 0 Å². The zero-order chi connectivity index (χ0) is 16.3. The Bertz CT molecular complexity index is 403. The molecule has 2 N–H and O–H groups in total. The van der Waals surface area contributed by atoms with Crippen molar-refractivity contribution in [1.82, 2.24) is 0 Å². The Morgan fingerprint density at radius 1 is 1.41 bits per heavy atom. The van der Waals surface area contributed by atoms with Crippen molar-refractivity contribution < 1.29 is 33.3 Å². The van der Waals surface area contributed by atoms with E-state index in [4.69, 9.17) is 26.4 Å². The average molecular weight is 369 g/mol. The van der Waals surface area contributed by atoms with Crippen LogP contribution in [0.1, 0.15) is 6.92 Å². The van der Waals surface area contributed by atoms with Crippen molar-refractivity contribution >= 4 is 37.7 Å². The van der Waals surface area contributed by atoms with Crippen molar-refractivity contribution in [3.8, 4) is 0 Å². The van der Waals surface area contributed by atoms with Crippen LogP contribution in [0.15, 0.2) is 0 Å². The second kappa shape index (κ2) is 8.14. The Morgan fingerprint density at radius 2 is 2.05 bits per heavy atom. The first kappa shape index (κ1) is 19.0. The fourth-order valence-corrected chi connectivity index (χ4v) is 5.45. The van der Waals surface area contributed by atoms with Gasteiger partial charge in [-0.2, -0.15) is 0 Å². The highest BCUT2D eigenvalue weighted by Gasteiger charge is 2.50. The van der Waals surface area contributed by atoms with Crippen molar-refractivity contribution in [3.05, 3.63) is 0 Å². The lowest BCUT2D eigenvalue weighted by molar-refractivity contribution is -0.0463. The Morgan fingerprint density at radius 3 is 2.59 bits per heavy atom. The smallest absolute Gasteiger partial charge is 0.387 e. The summed E-state index contributed by atoms with van der Waals surface area (Å²) in [4.78, 5) is 0. The summed E-state index contributed by atoms with van der Waals surface area (Å²) in [5, 5.41) is 19.8. The summed E-state index contributed by atoms with van der Waals surface area (Å²) in [6.07, 6.45) is -2.54. The van der Waals surface area contributed by atoms with Crippen molar-refractivity contribution in [2.75, 3.05) is 25.2 Å². The number of aliphatic hydroxyl groups excluding tert-OH is 1. The molecule has 11 heteroatoms. The van der Waals surface area contributed by atoms with Gasteiger partial charge in [-0.15, -0.1) is 9.05 Å². The van der Waals surface area contributed by atoms with Crippen LogP contribution < -0.4 is 0 Å². The molecule has 124 valence electrons. The predicted octanol–water partition coefficient (Wildman–Crippen LogP) is 0.461. The fraction of sp³-hybridized carbons (Fsp3) is 1.00. The lowest BCUT2D eigenvalue weighted by atomic mass is 9.82. The molecule has 2 heterocycles. The van der Waals surface area contributed by atoms with Gasteiger partial charge in [0.2, 0.25) is 0 Å². The molecule has 0 aromatic heterocycles. The van der Waals surface area contributed by atoms with Gasteiger partial charge in [0, 0.05) is 29.2 Å². The van der Waals surface area contributed by atoms with E-state index in [1.807, 2.05) is 0 Å². The van der Waals surface area contributed by atoms with E-state index in [1.165, 1.54) is 6.92 Å². The molecule has 0 aromatic rings. The number of ether oxygens (including phenoxy) is 2. The van der Waals surface area contributed by atoms with Gasteiger partial charge in [-0.1, -0.05) is 21.6 Å². The van der Waals surface area contributed by atoms with E-state index in [-0.39, 0.29) is 18.8 Å². The van der Waals surface area contributed by atoms with Crippen LogP contribution in [-0.4, -0.2) is 79.3 Å². The molecule has 2 aliphatic rings. The molecule has 2 radical (unpaired) electrons. The van der Waals surface area contributed by atoms with Crippen molar-refractivity contribution in [2.24, 2.45) is 0 Å². The quantitative estimate of drug-likeness (QED) is 0.393. The summed E-state index contributed by atoms with van der Waals surface area (Å²) in [5.41, 5.74) is -1.57. The minimum atomic E-state index is -2.38. The van der Waals surface area contributed by atoms with Crippen LogP contribution in [0, 0.1) is 0 Å². The normalized spacial score (nSPS) is 43.3. The summed E-state index contributed by atoms with van der Waals surface area (Å²) in [6, 6.07) is -1.03. The van der Waals surface area contributed by atoms with Crippen LogP contribution in [0.25, 0.3) is 0 Å². The molecule has 7 atom stereocenters. The average Bonchev–Trinajstić information content (AvgIpc) is 2.69. The van der Waals surface area contributed by atoms with Crippen LogP contribution in [0.3, 0.4) is 0 Å². The highest BCUT2D eigenvalue weighted by molar-refractivity contribution is 8.76. The van der Waals surface area contributed by atoms with E-state index >= 15 is 0 Å². The maximum atomic E-state index is 11.9. The van der Waals surface area contributed by atoms with Gasteiger partial charge in [0.25, 0.3) is 0 Å². The van der Waals surface area contributed by atoms with E-state index in [0.717, 1.165) is 5.75 Å². The van der Waals surface area contributed by atoms with Crippen molar-refractivity contribution in [2.45, 2.75) is 42.9 Å². The largest absolute Gasteiger partial charge is 0.697 e. The molecular formula is C11H19BO7PS2+. The first-order valence-corrected chi connectivity index (χ1v) is 10.3. The lowest BCUT2D eigenvalue weighted by Gasteiger charge is -2.24. The topological polar surface area (TPSA) is 94.5 Å². The first-order valence-electron chi connectivity index (χ1n) is 6.72. The van der Waals surface area contributed by atoms with E-state index in [2.05, 4.69) is 0 Å². The third-order valence-corrected chi connectivity index (χ3v) is 6.89. The summed E-state index contributed by atoms with van der Waals surface area (Å²) in [6.45, 7) is 1.19. The van der Waals surface area contributed by atoms with Gasteiger partial charge in [0.05, 0.1) is 6.10 Å². The van der Waals surface area contributed by atoms with Crippen LogP contribution in [0.2, 0.25) is 0 Å². The van der Waals surface area contributed by atoms with Crippen molar-refractivity contribution in [3.63, 3.8) is 0 Å². The van der Waals surface area contributed by atoms with E-state index in [9.17, 15) is 14.8 Å². The maximum absolute atomic E-state index is 11.9. The van der Waals surface area contributed by atoms with Crippen LogP contribution in [-0.2, 0) is 23.1 Å². The maximum Gasteiger partial charge on any atom is 0.697 e. The predicted molar refractivity (Wildman–Crippen MR) is 85.2 cm³/mol. The Kier molecular flexibility index (Phi) is 7.01. The zero-order valence-corrected chi connectivity index (χ0v) is 14.8.